The van der Waals surface area contributed by atoms with Gasteiger partial charge in [0.15, 0.2) is 0 Å². The summed E-state index contributed by atoms with van der Waals surface area (Å²) in [7, 11) is 0. The zero-order chi connectivity index (χ0) is 11.2. The first-order valence-electron chi connectivity index (χ1n) is 4.60. The first-order valence-corrected chi connectivity index (χ1v) is 4.60. The molecule has 0 aliphatic heterocycles. The van der Waals surface area contributed by atoms with E-state index in [0.717, 1.165) is 5.57 Å². The second-order valence-corrected chi connectivity index (χ2v) is 1.98. The Morgan fingerprint density at radius 3 is 2.57 bits per heavy atom. The van der Waals surface area contributed by atoms with Crippen molar-refractivity contribution < 1.29 is 9.63 Å². The van der Waals surface area contributed by atoms with Crippen molar-refractivity contribution in [3.63, 3.8) is 0 Å². The maximum atomic E-state index is 9.80. The average molecular weight is 197 g/mol. The van der Waals surface area contributed by atoms with Gasteiger partial charge in [0.2, 0.25) is 6.41 Å². The molecule has 1 amide bonds. The number of nitrogens with one attached hydrogen (secondary N) is 1. The minimum absolute atomic E-state index is 0.361. The van der Waals surface area contributed by atoms with Crippen molar-refractivity contribution in [2.75, 3.05) is 6.61 Å². The van der Waals surface area contributed by atoms with Crippen LogP contribution < -0.4 is 5.48 Å². The van der Waals surface area contributed by atoms with Crippen LogP contribution in [0.15, 0.2) is 36.5 Å². The lowest BCUT2D eigenvalue weighted by molar-refractivity contribution is -0.119. The molecule has 0 saturated heterocycles. The van der Waals surface area contributed by atoms with E-state index in [9.17, 15) is 4.79 Å². The number of hydrogen-bond acceptors (Lipinski definition) is 2. The molecule has 3 nitrogen and oxygen atoms in total. The van der Waals surface area contributed by atoms with Gasteiger partial charge in [0.05, 0.1) is 6.61 Å². The number of allylic oxidation sites excluding steroid dienone is 3. The summed E-state index contributed by atoms with van der Waals surface area (Å²) in [4.78, 5) is 14.6. The summed E-state index contributed by atoms with van der Waals surface area (Å²) in [5.41, 5.74) is 3.08. The molecule has 0 aliphatic rings. The molecule has 0 rings (SSSR count). The molecule has 0 radical (unpaired) electrons. The zero-order valence-electron chi connectivity index (χ0n) is 9.12. The van der Waals surface area contributed by atoms with E-state index in [1.165, 1.54) is 0 Å². The summed E-state index contributed by atoms with van der Waals surface area (Å²) in [5, 5.41) is 0. The molecule has 0 atom stereocenters. The van der Waals surface area contributed by atoms with Crippen molar-refractivity contribution in [1.82, 2.24) is 5.48 Å². The Balaban J connectivity index is 0. The second kappa shape index (κ2) is 14.2. The zero-order valence-corrected chi connectivity index (χ0v) is 9.12. The molecule has 0 spiro atoms. The van der Waals surface area contributed by atoms with Gasteiger partial charge in [0, 0.05) is 0 Å². The van der Waals surface area contributed by atoms with E-state index in [1.807, 2.05) is 32.9 Å². The molecular weight excluding hydrogens is 178 g/mol. The van der Waals surface area contributed by atoms with Gasteiger partial charge >= 0.3 is 0 Å². The maximum Gasteiger partial charge on any atom is 0.230 e. The first-order chi connectivity index (χ1) is 6.85. The number of carbonyl (C=O) groups is 1. The van der Waals surface area contributed by atoms with Crippen LogP contribution in [0.1, 0.15) is 20.8 Å². The van der Waals surface area contributed by atoms with Crippen LogP contribution >= 0.6 is 0 Å². The predicted octanol–water partition coefficient (Wildman–Crippen LogP) is 2.38. The van der Waals surface area contributed by atoms with Crippen LogP contribution in [0.3, 0.4) is 0 Å². The van der Waals surface area contributed by atoms with Gasteiger partial charge in [-0.2, -0.15) is 0 Å². The summed E-state index contributed by atoms with van der Waals surface area (Å²) >= 11 is 0. The summed E-state index contributed by atoms with van der Waals surface area (Å²) in [6.45, 7) is 9.79. The maximum absolute atomic E-state index is 9.80. The second-order valence-electron chi connectivity index (χ2n) is 1.98. The summed E-state index contributed by atoms with van der Waals surface area (Å²) in [6, 6.07) is 0. The largest absolute Gasteiger partial charge is 0.277 e. The molecule has 0 bridgehead atoms. The lowest BCUT2D eigenvalue weighted by Gasteiger charge is -2.00. The van der Waals surface area contributed by atoms with E-state index in [4.69, 9.17) is 4.84 Å². The minimum atomic E-state index is 0.361. The monoisotopic (exact) mass is 197 g/mol. The normalized spacial score (nSPS) is 10.4. The van der Waals surface area contributed by atoms with Gasteiger partial charge in [-0.05, 0) is 12.5 Å². The molecule has 0 aliphatic carbocycles. The highest BCUT2D eigenvalue weighted by Crippen LogP contribution is 1.96. The molecule has 3 heteroatoms. The standard InChI is InChI=1S/C9H13NO2.C2H6/c1-3-5-6-9(4-2)7-12-10-8-11;1-2/h3-6,8H,1,7H2,2H3,(H,10,11);1-2H3/b6-5-,9-4+;. The number of carbonyl (C=O) groups excluding carboxylic acids is 1. The lowest BCUT2D eigenvalue weighted by atomic mass is 10.2. The number of hydrogen-bond donors (Lipinski definition) is 1. The summed E-state index contributed by atoms with van der Waals surface area (Å²) in [5.74, 6) is 0. The van der Waals surface area contributed by atoms with Crippen molar-refractivity contribution in [2.24, 2.45) is 0 Å². The Labute approximate surface area is 86.1 Å². The van der Waals surface area contributed by atoms with E-state index in [-0.39, 0.29) is 0 Å². The molecule has 0 fully saturated rings. The van der Waals surface area contributed by atoms with E-state index in [1.54, 1.807) is 12.2 Å². The van der Waals surface area contributed by atoms with Gasteiger partial charge in [-0.15, -0.1) is 0 Å². The SMILES string of the molecule is C=C/C=C\C(=C/C)CONC=O.CC. The van der Waals surface area contributed by atoms with Gasteiger partial charge in [-0.1, -0.05) is 44.7 Å². The van der Waals surface area contributed by atoms with E-state index in [2.05, 4.69) is 12.1 Å². The van der Waals surface area contributed by atoms with Gasteiger partial charge in [-0.3, -0.25) is 9.63 Å². The molecule has 80 valence electrons. The van der Waals surface area contributed by atoms with Gasteiger partial charge in [-0.25, -0.2) is 5.48 Å². The summed E-state index contributed by atoms with van der Waals surface area (Å²) in [6.07, 6.45) is 7.73. The van der Waals surface area contributed by atoms with Crippen LogP contribution in [0.2, 0.25) is 0 Å². The molecule has 0 saturated carbocycles. The molecule has 0 heterocycles. The van der Waals surface area contributed by atoms with E-state index < -0.39 is 0 Å². The van der Waals surface area contributed by atoms with Crippen LogP contribution in [0.25, 0.3) is 0 Å². The van der Waals surface area contributed by atoms with Crippen molar-refractivity contribution in [3.8, 4) is 0 Å². The Hall–Kier alpha value is -1.35. The first kappa shape index (κ1) is 15.1. The Morgan fingerprint density at radius 2 is 2.14 bits per heavy atom. The molecule has 1 N–H and O–H groups in total. The van der Waals surface area contributed by atoms with Crippen molar-refractivity contribution in [1.29, 1.82) is 0 Å². The number of rotatable bonds is 6. The fourth-order valence-electron chi connectivity index (χ4n) is 0.578. The fourth-order valence-corrected chi connectivity index (χ4v) is 0.578. The molecule has 0 unspecified atom stereocenters. The Bertz CT molecular complexity index is 195. The summed E-state index contributed by atoms with van der Waals surface area (Å²) < 4.78 is 0. The number of hydroxylamine groups is 1. The quantitative estimate of drug-likeness (QED) is 0.307. The van der Waals surface area contributed by atoms with E-state index >= 15 is 0 Å². The average Bonchev–Trinajstić information content (AvgIpc) is 2.26. The van der Waals surface area contributed by atoms with Crippen LogP contribution in [0.4, 0.5) is 0 Å². The lowest BCUT2D eigenvalue weighted by Crippen LogP contribution is -2.13. The third-order valence-electron chi connectivity index (χ3n) is 1.19. The topological polar surface area (TPSA) is 38.3 Å². The smallest absolute Gasteiger partial charge is 0.230 e. The van der Waals surface area contributed by atoms with Crippen LogP contribution in [0, 0.1) is 0 Å². The highest BCUT2D eigenvalue weighted by molar-refractivity contribution is 5.43. The molecule has 14 heavy (non-hydrogen) atoms. The third-order valence-corrected chi connectivity index (χ3v) is 1.19. The van der Waals surface area contributed by atoms with Gasteiger partial charge in [0.1, 0.15) is 0 Å². The third kappa shape index (κ3) is 10.7. The Kier molecular flexibility index (Phi) is 15.3. The van der Waals surface area contributed by atoms with Gasteiger partial charge < -0.3 is 0 Å². The van der Waals surface area contributed by atoms with Crippen LogP contribution in [-0.2, 0) is 9.63 Å². The van der Waals surface area contributed by atoms with Crippen molar-refractivity contribution in [3.05, 3.63) is 36.5 Å². The van der Waals surface area contributed by atoms with Crippen LogP contribution in [0.5, 0.6) is 0 Å². The highest BCUT2D eigenvalue weighted by Gasteiger charge is 1.89. The van der Waals surface area contributed by atoms with Gasteiger partial charge in [0.25, 0.3) is 0 Å². The highest BCUT2D eigenvalue weighted by atomic mass is 16.6. The minimum Gasteiger partial charge on any atom is -0.277 e. The Morgan fingerprint density at radius 1 is 1.50 bits per heavy atom. The molecule has 0 aromatic rings. The molecule has 0 aromatic heterocycles. The molecule has 0 aromatic carbocycles. The van der Waals surface area contributed by atoms with E-state index in [0.29, 0.717) is 13.0 Å². The molecular formula is C11H19NO2. The predicted molar refractivity (Wildman–Crippen MR) is 59.6 cm³/mol. The van der Waals surface area contributed by atoms with Crippen molar-refractivity contribution in [2.45, 2.75) is 20.8 Å². The van der Waals surface area contributed by atoms with Crippen LogP contribution in [-0.4, -0.2) is 13.0 Å². The van der Waals surface area contributed by atoms with Crippen molar-refractivity contribution >= 4 is 6.41 Å². The fraction of sp³-hybridized carbons (Fsp3) is 0.364. The number of amides is 1.